The lowest BCUT2D eigenvalue weighted by atomic mass is 9.85. The van der Waals surface area contributed by atoms with E-state index in [0.717, 1.165) is 11.8 Å². The highest BCUT2D eigenvalue weighted by atomic mass is 14.2. The first-order valence-electron chi connectivity index (χ1n) is 10.7. The third kappa shape index (κ3) is 14.9. The molecule has 0 saturated carbocycles. The molecule has 0 rings (SSSR count). The van der Waals surface area contributed by atoms with Gasteiger partial charge in [0.2, 0.25) is 0 Å². The van der Waals surface area contributed by atoms with Crippen molar-refractivity contribution >= 4 is 0 Å². The molecule has 0 saturated heterocycles. The molecule has 0 aliphatic rings. The van der Waals surface area contributed by atoms with Crippen molar-refractivity contribution in [2.75, 3.05) is 0 Å². The van der Waals surface area contributed by atoms with Crippen LogP contribution in [0.25, 0.3) is 0 Å². The fraction of sp³-hybridized carbons (Fsp3) is 1.00. The van der Waals surface area contributed by atoms with E-state index in [0.29, 0.717) is 0 Å². The summed E-state index contributed by atoms with van der Waals surface area (Å²) in [5, 5.41) is 0. The second kappa shape index (κ2) is 17.4. The molecule has 0 fully saturated rings. The molecule has 0 N–H and O–H groups in total. The highest BCUT2D eigenvalue weighted by Crippen LogP contribution is 2.25. The van der Waals surface area contributed by atoms with E-state index in [1.54, 1.807) is 0 Å². The van der Waals surface area contributed by atoms with E-state index < -0.39 is 0 Å². The molecular formula is C22H46. The number of hydrogen-bond acceptors (Lipinski definition) is 0. The van der Waals surface area contributed by atoms with Crippen LogP contribution in [0.2, 0.25) is 0 Å². The standard InChI is InChI=1S/C22H46/c1-5-7-9-11-13-14-16-18-20-22(21(3)4)19-17-15-12-10-8-6-2/h21-22H,5-20H2,1-4H3. The topological polar surface area (TPSA) is 0 Å². The maximum atomic E-state index is 2.44. The zero-order valence-electron chi connectivity index (χ0n) is 16.5. The molecule has 1 atom stereocenters. The Morgan fingerprint density at radius 3 is 1.09 bits per heavy atom. The zero-order valence-corrected chi connectivity index (χ0v) is 16.5. The summed E-state index contributed by atoms with van der Waals surface area (Å²) in [6.45, 7) is 9.48. The molecule has 0 spiro atoms. The minimum Gasteiger partial charge on any atom is -0.0654 e. The molecule has 0 heterocycles. The molecular weight excluding hydrogens is 264 g/mol. The van der Waals surface area contributed by atoms with Crippen LogP contribution in [0.1, 0.15) is 130 Å². The first-order chi connectivity index (χ1) is 10.7. The van der Waals surface area contributed by atoms with Crippen molar-refractivity contribution < 1.29 is 0 Å². The minimum atomic E-state index is 0.889. The number of hydrogen-bond donors (Lipinski definition) is 0. The van der Waals surface area contributed by atoms with Gasteiger partial charge in [-0.1, -0.05) is 130 Å². The first-order valence-corrected chi connectivity index (χ1v) is 10.7. The van der Waals surface area contributed by atoms with Gasteiger partial charge in [-0.3, -0.25) is 0 Å². The van der Waals surface area contributed by atoms with Crippen molar-refractivity contribution in [2.45, 2.75) is 130 Å². The van der Waals surface area contributed by atoms with E-state index in [2.05, 4.69) is 27.7 Å². The molecule has 1 unspecified atom stereocenters. The molecule has 0 heteroatoms. The first kappa shape index (κ1) is 22.0. The summed E-state index contributed by atoms with van der Waals surface area (Å²) in [5.41, 5.74) is 0. The van der Waals surface area contributed by atoms with Crippen molar-refractivity contribution in [1.29, 1.82) is 0 Å². The highest BCUT2D eigenvalue weighted by Gasteiger charge is 2.12. The van der Waals surface area contributed by atoms with Gasteiger partial charge in [0.05, 0.1) is 0 Å². The molecule has 0 nitrogen and oxygen atoms in total. The summed E-state index contributed by atoms with van der Waals surface area (Å²) < 4.78 is 0. The molecule has 0 amide bonds. The van der Waals surface area contributed by atoms with Gasteiger partial charge in [-0.2, -0.15) is 0 Å². The van der Waals surface area contributed by atoms with Crippen LogP contribution < -0.4 is 0 Å². The number of unbranched alkanes of at least 4 members (excludes halogenated alkanes) is 12. The molecule has 0 aromatic heterocycles. The largest absolute Gasteiger partial charge is 0.0654 e. The van der Waals surface area contributed by atoms with Crippen LogP contribution in [0.15, 0.2) is 0 Å². The van der Waals surface area contributed by atoms with E-state index in [-0.39, 0.29) is 0 Å². The molecule has 0 aliphatic heterocycles. The predicted octanol–water partition coefficient (Wildman–Crippen LogP) is 8.54. The highest BCUT2D eigenvalue weighted by molar-refractivity contribution is 4.64. The number of rotatable bonds is 17. The van der Waals surface area contributed by atoms with Crippen LogP contribution in [0, 0.1) is 11.8 Å². The van der Waals surface area contributed by atoms with Crippen molar-refractivity contribution in [3.63, 3.8) is 0 Å². The van der Waals surface area contributed by atoms with Crippen LogP contribution in [-0.2, 0) is 0 Å². The van der Waals surface area contributed by atoms with Crippen molar-refractivity contribution in [3.8, 4) is 0 Å². The van der Waals surface area contributed by atoms with Crippen LogP contribution >= 0.6 is 0 Å². The quantitative estimate of drug-likeness (QED) is 0.236. The molecule has 0 radical (unpaired) electrons. The maximum absolute atomic E-state index is 2.44. The summed E-state index contributed by atoms with van der Waals surface area (Å²) in [5.74, 6) is 1.88. The fourth-order valence-electron chi connectivity index (χ4n) is 3.54. The predicted molar refractivity (Wildman–Crippen MR) is 104 cm³/mol. The van der Waals surface area contributed by atoms with Gasteiger partial charge in [0.1, 0.15) is 0 Å². The lowest BCUT2D eigenvalue weighted by Crippen LogP contribution is -2.08. The average molecular weight is 311 g/mol. The monoisotopic (exact) mass is 310 g/mol. The summed E-state index contributed by atoms with van der Waals surface area (Å²) in [7, 11) is 0. The molecule has 134 valence electrons. The Bertz CT molecular complexity index is 194. The molecule has 0 bridgehead atoms. The second-order valence-corrected chi connectivity index (χ2v) is 7.82. The molecule has 0 aromatic rings. The van der Waals surface area contributed by atoms with Gasteiger partial charge in [-0.25, -0.2) is 0 Å². The van der Waals surface area contributed by atoms with E-state index >= 15 is 0 Å². The normalized spacial score (nSPS) is 13.0. The van der Waals surface area contributed by atoms with Crippen LogP contribution in [0.4, 0.5) is 0 Å². The molecule has 22 heavy (non-hydrogen) atoms. The van der Waals surface area contributed by atoms with E-state index in [1.165, 1.54) is 103 Å². The van der Waals surface area contributed by atoms with Crippen molar-refractivity contribution in [1.82, 2.24) is 0 Å². The SMILES string of the molecule is CCCCCCCCCCC(CCCCCCCC)C(C)C. The van der Waals surface area contributed by atoms with Gasteiger partial charge < -0.3 is 0 Å². The third-order valence-corrected chi connectivity index (χ3v) is 5.30. The summed E-state index contributed by atoms with van der Waals surface area (Å²) in [6.07, 6.45) is 23.3. The van der Waals surface area contributed by atoms with Gasteiger partial charge in [-0.05, 0) is 11.8 Å². The van der Waals surface area contributed by atoms with Crippen LogP contribution in [0.5, 0.6) is 0 Å². The van der Waals surface area contributed by atoms with Crippen LogP contribution in [0.3, 0.4) is 0 Å². The van der Waals surface area contributed by atoms with Gasteiger partial charge >= 0.3 is 0 Å². The van der Waals surface area contributed by atoms with E-state index in [1.807, 2.05) is 0 Å². The Kier molecular flexibility index (Phi) is 17.4. The maximum Gasteiger partial charge on any atom is -0.0391 e. The third-order valence-electron chi connectivity index (χ3n) is 5.30. The zero-order chi connectivity index (χ0) is 16.5. The van der Waals surface area contributed by atoms with Gasteiger partial charge in [0.15, 0.2) is 0 Å². The Morgan fingerprint density at radius 2 is 0.773 bits per heavy atom. The molecule has 0 aliphatic carbocycles. The summed E-state index contributed by atoms with van der Waals surface area (Å²) in [6, 6.07) is 0. The van der Waals surface area contributed by atoms with Gasteiger partial charge in [-0.15, -0.1) is 0 Å². The summed E-state index contributed by atoms with van der Waals surface area (Å²) in [4.78, 5) is 0. The second-order valence-electron chi connectivity index (χ2n) is 7.82. The van der Waals surface area contributed by atoms with Crippen molar-refractivity contribution in [2.24, 2.45) is 11.8 Å². The van der Waals surface area contributed by atoms with Crippen molar-refractivity contribution in [3.05, 3.63) is 0 Å². The van der Waals surface area contributed by atoms with Gasteiger partial charge in [0.25, 0.3) is 0 Å². The Morgan fingerprint density at radius 1 is 0.455 bits per heavy atom. The molecule has 0 aromatic carbocycles. The summed E-state index contributed by atoms with van der Waals surface area (Å²) >= 11 is 0. The Labute approximate surface area is 142 Å². The van der Waals surface area contributed by atoms with E-state index in [9.17, 15) is 0 Å². The Balaban J connectivity index is 3.48. The average Bonchev–Trinajstić information content (AvgIpc) is 2.50. The lowest BCUT2D eigenvalue weighted by Gasteiger charge is -2.20. The van der Waals surface area contributed by atoms with E-state index in [4.69, 9.17) is 0 Å². The van der Waals surface area contributed by atoms with Crippen LogP contribution in [-0.4, -0.2) is 0 Å². The van der Waals surface area contributed by atoms with Gasteiger partial charge in [0, 0.05) is 0 Å². The fourth-order valence-corrected chi connectivity index (χ4v) is 3.54. The lowest BCUT2D eigenvalue weighted by molar-refractivity contribution is 0.312. The smallest absolute Gasteiger partial charge is 0.0391 e. The Hall–Kier alpha value is 0. The minimum absolute atomic E-state index is 0.889.